The molecule has 0 atom stereocenters. The van der Waals surface area contributed by atoms with Crippen molar-refractivity contribution in [3.63, 3.8) is 0 Å². The van der Waals surface area contributed by atoms with Crippen LogP contribution in [0.4, 0.5) is 5.69 Å². The average Bonchev–Trinajstić information content (AvgIpc) is 3.06. The molecule has 5 rings (SSSR count). The highest BCUT2D eigenvalue weighted by atomic mass is 35.5. The quantitative estimate of drug-likeness (QED) is 0.519. The van der Waals surface area contributed by atoms with E-state index in [-0.39, 0.29) is 17.3 Å². The van der Waals surface area contributed by atoms with Crippen LogP contribution in [0.25, 0.3) is 21.9 Å². The molecular formula is C21H19ClN2O3S. The van der Waals surface area contributed by atoms with E-state index in [1.165, 1.54) is 0 Å². The van der Waals surface area contributed by atoms with Crippen LogP contribution in [0.2, 0.25) is 0 Å². The van der Waals surface area contributed by atoms with Gasteiger partial charge in [-0.15, -0.1) is 12.4 Å². The van der Waals surface area contributed by atoms with E-state index in [1.807, 2.05) is 42.5 Å². The van der Waals surface area contributed by atoms with E-state index in [0.29, 0.717) is 11.3 Å². The van der Waals surface area contributed by atoms with Gasteiger partial charge in [0.05, 0.1) is 10.6 Å². The number of sulfonamides is 1. The van der Waals surface area contributed by atoms with Gasteiger partial charge in [0.2, 0.25) is 0 Å². The van der Waals surface area contributed by atoms with Gasteiger partial charge < -0.3 is 9.73 Å². The number of halogens is 1. The van der Waals surface area contributed by atoms with E-state index in [9.17, 15) is 8.42 Å². The Kier molecular flexibility index (Phi) is 4.79. The second-order valence-electron chi connectivity index (χ2n) is 6.73. The molecule has 2 N–H and O–H groups in total. The molecule has 2 heterocycles. The summed E-state index contributed by atoms with van der Waals surface area (Å²) in [4.78, 5) is 0.230. The molecule has 0 aliphatic carbocycles. The molecule has 0 amide bonds. The molecule has 1 aliphatic rings. The van der Waals surface area contributed by atoms with E-state index in [1.54, 1.807) is 18.2 Å². The van der Waals surface area contributed by atoms with Gasteiger partial charge in [-0.3, -0.25) is 4.72 Å². The Labute approximate surface area is 169 Å². The molecule has 7 heteroatoms. The van der Waals surface area contributed by atoms with Gasteiger partial charge in [0, 0.05) is 17.3 Å². The molecule has 0 saturated carbocycles. The van der Waals surface area contributed by atoms with Crippen molar-refractivity contribution in [3.05, 3.63) is 71.8 Å². The van der Waals surface area contributed by atoms with Crippen LogP contribution < -0.4 is 10.0 Å². The molecule has 3 aromatic carbocycles. The number of anilines is 1. The first-order valence-corrected chi connectivity index (χ1v) is 10.4. The zero-order chi connectivity index (χ0) is 18.4. The van der Waals surface area contributed by atoms with Crippen LogP contribution in [0, 0.1) is 0 Å². The maximum atomic E-state index is 13.0. The van der Waals surface area contributed by atoms with E-state index in [2.05, 4.69) is 10.0 Å². The number of hydrogen-bond acceptors (Lipinski definition) is 4. The number of fused-ring (bicyclic) bond motifs is 4. The average molecular weight is 415 g/mol. The van der Waals surface area contributed by atoms with Crippen LogP contribution in [0.5, 0.6) is 0 Å². The van der Waals surface area contributed by atoms with Gasteiger partial charge in [0.25, 0.3) is 10.0 Å². The topological polar surface area (TPSA) is 71.3 Å². The lowest BCUT2D eigenvalue weighted by Gasteiger charge is -2.21. The molecule has 0 spiro atoms. The molecule has 144 valence electrons. The lowest BCUT2D eigenvalue weighted by molar-refractivity contribution is 0.601. The highest BCUT2D eigenvalue weighted by Crippen LogP contribution is 2.31. The Hall–Kier alpha value is -2.54. The predicted molar refractivity (Wildman–Crippen MR) is 114 cm³/mol. The number of nitrogens with one attached hydrogen (secondary N) is 2. The van der Waals surface area contributed by atoms with Crippen molar-refractivity contribution in [1.82, 2.24) is 5.32 Å². The minimum absolute atomic E-state index is 0. The third-order valence-corrected chi connectivity index (χ3v) is 6.41. The van der Waals surface area contributed by atoms with Crippen LogP contribution in [-0.2, 0) is 23.0 Å². The van der Waals surface area contributed by atoms with Crippen molar-refractivity contribution < 1.29 is 12.8 Å². The van der Waals surface area contributed by atoms with Crippen molar-refractivity contribution in [3.8, 4) is 0 Å². The van der Waals surface area contributed by atoms with Crippen molar-refractivity contribution in [2.24, 2.45) is 0 Å². The Bertz CT molecular complexity index is 1280. The zero-order valence-corrected chi connectivity index (χ0v) is 16.6. The van der Waals surface area contributed by atoms with Gasteiger partial charge in [-0.05, 0) is 54.4 Å². The summed E-state index contributed by atoms with van der Waals surface area (Å²) in [6.45, 7) is 1.61. The van der Waals surface area contributed by atoms with E-state index < -0.39 is 10.0 Å². The van der Waals surface area contributed by atoms with Crippen LogP contribution >= 0.6 is 12.4 Å². The fourth-order valence-corrected chi connectivity index (χ4v) is 4.82. The van der Waals surface area contributed by atoms with Gasteiger partial charge in [-0.2, -0.15) is 0 Å². The fraction of sp³-hybridized carbons (Fsp3) is 0.143. The summed E-state index contributed by atoms with van der Waals surface area (Å²) in [5, 5.41) is 5.02. The number of benzene rings is 3. The van der Waals surface area contributed by atoms with Crippen LogP contribution in [0.15, 0.2) is 70.0 Å². The van der Waals surface area contributed by atoms with Gasteiger partial charge in [-0.1, -0.05) is 30.3 Å². The first kappa shape index (κ1) is 18.8. The Morgan fingerprint density at radius 2 is 1.75 bits per heavy atom. The molecule has 28 heavy (non-hydrogen) atoms. The summed E-state index contributed by atoms with van der Waals surface area (Å²) >= 11 is 0. The Morgan fingerprint density at radius 1 is 0.929 bits per heavy atom. The monoisotopic (exact) mass is 414 g/mol. The predicted octanol–water partition coefficient (Wildman–Crippen LogP) is 4.45. The molecule has 0 unspecified atom stereocenters. The summed E-state index contributed by atoms with van der Waals surface area (Å²) in [5.41, 5.74) is 4.29. The molecule has 0 bridgehead atoms. The van der Waals surface area contributed by atoms with Gasteiger partial charge in [0.15, 0.2) is 0 Å². The fourth-order valence-electron chi connectivity index (χ4n) is 3.70. The van der Waals surface area contributed by atoms with Crippen LogP contribution in [-0.4, -0.2) is 15.0 Å². The van der Waals surface area contributed by atoms with Crippen molar-refractivity contribution in [2.75, 3.05) is 11.3 Å². The number of hydrogen-bond donors (Lipinski definition) is 2. The lowest BCUT2D eigenvalue weighted by Crippen LogP contribution is -2.25. The normalized spacial score (nSPS) is 13.9. The summed E-state index contributed by atoms with van der Waals surface area (Å²) in [6.07, 6.45) is 0.805. The third-order valence-electron chi connectivity index (χ3n) is 5.04. The second kappa shape index (κ2) is 7.13. The molecule has 4 aromatic rings. The highest BCUT2D eigenvalue weighted by molar-refractivity contribution is 7.92. The first-order chi connectivity index (χ1) is 13.1. The zero-order valence-electron chi connectivity index (χ0n) is 14.9. The van der Waals surface area contributed by atoms with Crippen molar-refractivity contribution in [1.29, 1.82) is 0 Å². The summed E-state index contributed by atoms with van der Waals surface area (Å²) in [6, 6.07) is 18.4. The molecule has 1 aliphatic heterocycles. The SMILES string of the molecule is Cl.O=S(=O)(Nc1cccc2c1CCNC2)c1ccc2oc3ccccc3c2c1. The van der Waals surface area contributed by atoms with Crippen LogP contribution in [0.3, 0.4) is 0 Å². The van der Waals surface area contributed by atoms with Gasteiger partial charge >= 0.3 is 0 Å². The minimum atomic E-state index is -3.70. The van der Waals surface area contributed by atoms with Crippen molar-refractivity contribution in [2.45, 2.75) is 17.9 Å². The second-order valence-corrected chi connectivity index (χ2v) is 8.41. The van der Waals surface area contributed by atoms with E-state index in [4.69, 9.17) is 4.42 Å². The molecule has 5 nitrogen and oxygen atoms in total. The highest BCUT2D eigenvalue weighted by Gasteiger charge is 2.20. The lowest BCUT2D eigenvalue weighted by atomic mass is 9.99. The molecule has 0 radical (unpaired) electrons. The van der Waals surface area contributed by atoms with E-state index in [0.717, 1.165) is 47.0 Å². The summed E-state index contributed by atoms with van der Waals surface area (Å²) in [5.74, 6) is 0. The Balaban J connectivity index is 0.00000192. The minimum Gasteiger partial charge on any atom is -0.456 e. The molecule has 0 fully saturated rings. The summed E-state index contributed by atoms with van der Waals surface area (Å²) < 4.78 is 34.6. The maximum Gasteiger partial charge on any atom is 0.261 e. The molecular weight excluding hydrogens is 396 g/mol. The first-order valence-electron chi connectivity index (χ1n) is 8.87. The van der Waals surface area contributed by atoms with Crippen LogP contribution in [0.1, 0.15) is 11.1 Å². The number of furan rings is 1. The number of para-hydroxylation sites is 1. The Morgan fingerprint density at radius 3 is 2.64 bits per heavy atom. The van der Waals surface area contributed by atoms with Gasteiger partial charge in [0.1, 0.15) is 11.2 Å². The number of rotatable bonds is 3. The third kappa shape index (κ3) is 3.13. The largest absolute Gasteiger partial charge is 0.456 e. The van der Waals surface area contributed by atoms with E-state index >= 15 is 0 Å². The maximum absolute atomic E-state index is 13.0. The van der Waals surface area contributed by atoms with Crippen molar-refractivity contribution >= 4 is 50.1 Å². The van der Waals surface area contributed by atoms with Gasteiger partial charge in [-0.25, -0.2) is 8.42 Å². The summed E-state index contributed by atoms with van der Waals surface area (Å²) in [7, 11) is -3.70. The standard InChI is InChI=1S/C21H18N2O3S.ClH/c24-27(25,23-19-6-3-4-14-13-22-11-10-16(14)19)15-8-9-21-18(12-15)17-5-1-2-7-20(17)26-21;/h1-9,12,22-23H,10-11,13H2;1H. The smallest absolute Gasteiger partial charge is 0.261 e. The molecule has 1 aromatic heterocycles. The molecule has 0 saturated heterocycles.